The van der Waals surface area contributed by atoms with Gasteiger partial charge in [0.1, 0.15) is 17.4 Å². The van der Waals surface area contributed by atoms with Gasteiger partial charge >= 0.3 is 0 Å². The minimum absolute atomic E-state index is 0.148. The number of halogens is 3. The molecular formula is C13H11F3N2O. The molecule has 1 aromatic heterocycles. The van der Waals surface area contributed by atoms with Crippen LogP contribution in [0.3, 0.4) is 0 Å². The van der Waals surface area contributed by atoms with Gasteiger partial charge in [-0.3, -0.25) is 0 Å². The molecule has 2 rings (SSSR count). The van der Waals surface area contributed by atoms with Gasteiger partial charge in [0.25, 0.3) is 5.88 Å². The Labute approximate surface area is 108 Å². The van der Waals surface area contributed by atoms with Crippen LogP contribution in [0.4, 0.5) is 13.2 Å². The van der Waals surface area contributed by atoms with Crippen LogP contribution in [0, 0.1) is 17.5 Å². The van der Waals surface area contributed by atoms with Crippen LogP contribution in [0.2, 0.25) is 0 Å². The number of hydrogen-bond donors (Lipinski definition) is 1. The predicted molar refractivity (Wildman–Crippen MR) is 63.4 cm³/mol. The fraction of sp³-hybridized carbons (Fsp3) is 0.154. The Bertz CT molecular complexity index is 570. The molecule has 0 fully saturated rings. The van der Waals surface area contributed by atoms with E-state index in [0.717, 1.165) is 12.1 Å². The second-order valence-corrected chi connectivity index (χ2v) is 3.83. The van der Waals surface area contributed by atoms with Crippen LogP contribution in [-0.2, 0) is 6.54 Å². The first-order valence-corrected chi connectivity index (χ1v) is 5.52. The lowest BCUT2D eigenvalue weighted by atomic mass is 10.2. The van der Waals surface area contributed by atoms with Gasteiger partial charge in [0, 0.05) is 36.5 Å². The lowest BCUT2D eigenvalue weighted by molar-refractivity contribution is 0.411. The molecule has 0 saturated carbocycles. The van der Waals surface area contributed by atoms with E-state index in [1.165, 1.54) is 12.3 Å². The molecule has 0 aliphatic carbocycles. The standard InChI is InChI=1S/C13H11F3N2O/c1-17-7-8-2-3-18-13(12(8)16)19-11-5-9(14)4-10(15)6-11/h2-6,17H,7H2,1H3. The summed E-state index contributed by atoms with van der Waals surface area (Å²) in [7, 11) is 1.67. The van der Waals surface area contributed by atoms with E-state index in [9.17, 15) is 13.2 Å². The Morgan fingerprint density at radius 3 is 2.47 bits per heavy atom. The number of nitrogens with zero attached hydrogens (tertiary/aromatic N) is 1. The molecule has 3 nitrogen and oxygen atoms in total. The van der Waals surface area contributed by atoms with Gasteiger partial charge in [0.05, 0.1) is 0 Å². The summed E-state index contributed by atoms with van der Waals surface area (Å²) in [4.78, 5) is 3.71. The van der Waals surface area contributed by atoms with E-state index in [-0.39, 0.29) is 11.6 Å². The van der Waals surface area contributed by atoms with Gasteiger partial charge in [-0.25, -0.2) is 18.2 Å². The first kappa shape index (κ1) is 13.4. The van der Waals surface area contributed by atoms with E-state index in [1.54, 1.807) is 7.05 Å². The molecule has 0 atom stereocenters. The van der Waals surface area contributed by atoms with Crippen LogP contribution in [-0.4, -0.2) is 12.0 Å². The molecule has 100 valence electrons. The Hall–Kier alpha value is -2.08. The summed E-state index contributed by atoms with van der Waals surface area (Å²) in [6.07, 6.45) is 1.36. The summed E-state index contributed by atoms with van der Waals surface area (Å²) in [5.41, 5.74) is 0.351. The van der Waals surface area contributed by atoms with Crippen molar-refractivity contribution in [2.45, 2.75) is 6.54 Å². The Balaban J connectivity index is 2.30. The smallest absolute Gasteiger partial charge is 0.256 e. The van der Waals surface area contributed by atoms with Crippen LogP contribution < -0.4 is 10.1 Å². The normalized spacial score (nSPS) is 10.5. The van der Waals surface area contributed by atoms with E-state index >= 15 is 0 Å². The molecule has 0 aliphatic rings. The van der Waals surface area contributed by atoms with Crippen molar-refractivity contribution in [1.82, 2.24) is 10.3 Å². The highest BCUT2D eigenvalue weighted by atomic mass is 19.1. The van der Waals surface area contributed by atoms with Crippen molar-refractivity contribution in [3.05, 3.63) is 53.5 Å². The molecule has 1 heterocycles. The number of hydrogen-bond acceptors (Lipinski definition) is 3. The van der Waals surface area contributed by atoms with E-state index in [2.05, 4.69) is 10.3 Å². The average Bonchev–Trinajstić information content (AvgIpc) is 2.33. The molecule has 0 saturated heterocycles. The maximum absolute atomic E-state index is 13.9. The van der Waals surface area contributed by atoms with Gasteiger partial charge in [-0.05, 0) is 13.1 Å². The molecule has 6 heteroatoms. The maximum Gasteiger partial charge on any atom is 0.256 e. The monoisotopic (exact) mass is 268 g/mol. The summed E-state index contributed by atoms with van der Waals surface area (Å²) in [5.74, 6) is -2.74. The summed E-state index contributed by atoms with van der Waals surface area (Å²) < 4.78 is 45.0. The topological polar surface area (TPSA) is 34.2 Å². The van der Waals surface area contributed by atoms with Gasteiger partial charge in [-0.2, -0.15) is 0 Å². The van der Waals surface area contributed by atoms with E-state index in [0.29, 0.717) is 18.2 Å². The van der Waals surface area contributed by atoms with Crippen LogP contribution in [0.25, 0.3) is 0 Å². The maximum atomic E-state index is 13.9. The summed E-state index contributed by atoms with van der Waals surface area (Å²) >= 11 is 0. The molecule has 0 spiro atoms. The first-order valence-electron chi connectivity index (χ1n) is 5.52. The molecule has 1 aromatic carbocycles. The Morgan fingerprint density at radius 1 is 1.16 bits per heavy atom. The second kappa shape index (κ2) is 5.71. The number of ether oxygens (including phenoxy) is 1. The molecule has 0 aliphatic heterocycles. The van der Waals surface area contributed by atoms with Crippen LogP contribution in [0.1, 0.15) is 5.56 Å². The Morgan fingerprint density at radius 2 is 1.84 bits per heavy atom. The number of aromatic nitrogens is 1. The number of rotatable bonds is 4. The van der Waals surface area contributed by atoms with Crippen molar-refractivity contribution in [2.24, 2.45) is 0 Å². The highest BCUT2D eigenvalue weighted by molar-refractivity contribution is 5.31. The Kier molecular flexibility index (Phi) is 4.01. The third kappa shape index (κ3) is 3.23. The van der Waals surface area contributed by atoms with Crippen LogP contribution in [0.15, 0.2) is 30.5 Å². The fourth-order valence-electron chi connectivity index (χ4n) is 1.56. The second-order valence-electron chi connectivity index (χ2n) is 3.83. The predicted octanol–water partition coefficient (Wildman–Crippen LogP) is 3.01. The number of benzene rings is 1. The van der Waals surface area contributed by atoms with Gasteiger partial charge in [-0.15, -0.1) is 0 Å². The molecule has 0 radical (unpaired) electrons. The number of nitrogens with one attached hydrogen (secondary N) is 1. The van der Waals surface area contributed by atoms with Gasteiger partial charge < -0.3 is 10.1 Å². The summed E-state index contributed by atoms with van der Waals surface area (Å²) in [6, 6.07) is 4.10. The zero-order valence-electron chi connectivity index (χ0n) is 10.1. The van der Waals surface area contributed by atoms with Crippen molar-refractivity contribution >= 4 is 0 Å². The molecule has 2 aromatic rings. The molecular weight excluding hydrogens is 257 g/mol. The zero-order chi connectivity index (χ0) is 13.8. The van der Waals surface area contributed by atoms with E-state index in [4.69, 9.17) is 4.74 Å². The lowest BCUT2D eigenvalue weighted by Gasteiger charge is -2.08. The minimum atomic E-state index is -0.804. The van der Waals surface area contributed by atoms with Crippen molar-refractivity contribution in [1.29, 1.82) is 0 Å². The third-order valence-corrected chi connectivity index (χ3v) is 2.36. The van der Waals surface area contributed by atoms with E-state index < -0.39 is 17.5 Å². The zero-order valence-corrected chi connectivity index (χ0v) is 10.1. The SMILES string of the molecule is CNCc1ccnc(Oc2cc(F)cc(F)c2)c1F. The summed E-state index contributed by atoms with van der Waals surface area (Å²) in [5, 5.41) is 2.79. The lowest BCUT2D eigenvalue weighted by Crippen LogP contribution is -2.08. The van der Waals surface area contributed by atoms with Crippen molar-refractivity contribution in [2.75, 3.05) is 7.05 Å². The largest absolute Gasteiger partial charge is 0.436 e. The van der Waals surface area contributed by atoms with Crippen molar-refractivity contribution in [3.8, 4) is 11.6 Å². The van der Waals surface area contributed by atoms with E-state index in [1.807, 2.05) is 0 Å². The highest BCUT2D eigenvalue weighted by Gasteiger charge is 2.12. The van der Waals surface area contributed by atoms with Gasteiger partial charge in [0.2, 0.25) is 0 Å². The fourth-order valence-corrected chi connectivity index (χ4v) is 1.56. The molecule has 0 bridgehead atoms. The van der Waals surface area contributed by atoms with Crippen LogP contribution in [0.5, 0.6) is 11.6 Å². The number of pyridine rings is 1. The molecule has 1 N–H and O–H groups in total. The van der Waals surface area contributed by atoms with Gasteiger partial charge in [-0.1, -0.05) is 0 Å². The van der Waals surface area contributed by atoms with Gasteiger partial charge in [0.15, 0.2) is 5.82 Å². The average molecular weight is 268 g/mol. The molecule has 19 heavy (non-hydrogen) atoms. The summed E-state index contributed by atoms with van der Waals surface area (Å²) in [6.45, 7) is 0.294. The van der Waals surface area contributed by atoms with Crippen molar-refractivity contribution < 1.29 is 17.9 Å². The van der Waals surface area contributed by atoms with Crippen molar-refractivity contribution in [3.63, 3.8) is 0 Å². The highest BCUT2D eigenvalue weighted by Crippen LogP contribution is 2.25. The molecule has 0 amide bonds. The quantitative estimate of drug-likeness (QED) is 0.925. The van der Waals surface area contributed by atoms with Crippen LogP contribution >= 0.6 is 0 Å². The third-order valence-electron chi connectivity index (χ3n) is 2.36. The first-order chi connectivity index (χ1) is 9.10. The molecule has 0 unspecified atom stereocenters. The minimum Gasteiger partial charge on any atom is -0.436 e.